The lowest BCUT2D eigenvalue weighted by Crippen LogP contribution is -2.48. The number of carbonyl (C=O) groups is 3. The molecule has 1 aliphatic rings. The number of hydrogen-bond donors (Lipinski definition) is 2. The summed E-state index contributed by atoms with van der Waals surface area (Å²) in [7, 11) is 0. The summed E-state index contributed by atoms with van der Waals surface area (Å²) in [6, 6.07) is 8.09. The van der Waals surface area contributed by atoms with E-state index in [2.05, 4.69) is 17.4 Å². The van der Waals surface area contributed by atoms with Gasteiger partial charge in [-0.15, -0.1) is 6.58 Å². The summed E-state index contributed by atoms with van der Waals surface area (Å²) in [5.74, 6) is -0.763. The zero-order valence-electron chi connectivity index (χ0n) is 15.8. The first kappa shape index (κ1) is 20.8. The molecule has 27 heavy (non-hydrogen) atoms. The fraction of sp³-hybridized carbons (Fsp3) is 0.476. The predicted octanol–water partition coefficient (Wildman–Crippen LogP) is 3.25. The first-order valence-electron chi connectivity index (χ1n) is 9.70. The van der Waals surface area contributed by atoms with Gasteiger partial charge < -0.3 is 0 Å². The molecule has 1 atom stereocenters. The van der Waals surface area contributed by atoms with Gasteiger partial charge in [0.1, 0.15) is 6.04 Å². The summed E-state index contributed by atoms with van der Waals surface area (Å²) >= 11 is 0. The number of nitrogens with one attached hydrogen (secondary N) is 2. The van der Waals surface area contributed by atoms with Gasteiger partial charge in [0.2, 0.25) is 11.8 Å². The molecule has 1 aromatic rings. The Morgan fingerprint density at radius 3 is 2.44 bits per heavy atom. The molecule has 1 aromatic carbocycles. The topological polar surface area (TPSA) is 78.5 Å². The number of imide groups is 1. The number of benzene rings is 1. The Morgan fingerprint density at radius 1 is 1.07 bits per heavy atom. The van der Waals surface area contributed by atoms with E-state index in [9.17, 15) is 14.4 Å². The summed E-state index contributed by atoms with van der Waals surface area (Å²) in [6.07, 6.45) is 10.00. The molecule has 146 valence electrons. The van der Waals surface area contributed by atoms with Gasteiger partial charge in [0.15, 0.2) is 0 Å². The molecule has 0 saturated carbocycles. The van der Waals surface area contributed by atoms with E-state index in [0.29, 0.717) is 12.1 Å². The highest BCUT2D eigenvalue weighted by Crippen LogP contribution is 2.22. The van der Waals surface area contributed by atoms with Crippen LogP contribution in [0.4, 0.5) is 5.69 Å². The molecular formula is C21H29N3O3. The van der Waals surface area contributed by atoms with Gasteiger partial charge in [-0.05, 0) is 31.4 Å². The van der Waals surface area contributed by atoms with Crippen molar-refractivity contribution in [2.75, 3.05) is 4.90 Å². The summed E-state index contributed by atoms with van der Waals surface area (Å²) in [5.41, 5.74) is 5.83. The van der Waals surface area contributed by atoms with E-state index in [4.69, 9.17) is 0 Å². The average molecular weight is 371 g/mol. The normalized spacial score (nSPS) is 16.6. The van der Waals surface area contributed by atoms with Crippen molar-refractivity contribution in [3.8, 4) is 0 Å². The third-order valence-corrected chi connectivity index (χ3v) is 4.61. The van der Waals surface area contributed by atoms with Crippen molar-refractivity contribution in [1.82, 2.24) is 10.9 Å². The Labute approximate surface area is 161 Å². The fourth-order valence-electron chi connectivity index (χ4n) is 3.10. The average Bonchev–Trinajstić information content (AvgIpc) is 2.96. The predicted molar refractivity (Wildman–Crippen MR) is 106 cm³/mol. The monoisotopic (exact) mass is 371 g/mol. The number of amides is 3. The lowest BCUT2D eigenvalue weighted by atomic mass is 10.1. The summed E-state index contributed by atoms with van der Waals surface area (Å²) in [5, 5.41) is 0. The zero-order chi connectivity index (χ0) is 19.5. The first-order valence-corrected chi connectivity index (χ1v) is 9.70. The SMILES string of the molecule is C=CCCCCCCCCC(=O)NN[C@@H]1CC(=O)N(c2ccccc2)C1=O. The second-order valence-electron chi connectivity index (χ2n) is 6.80. The number of allylic oxidation sites excluding steroid dienone is 1. The van der Waals surface area contributed by atoms with Gasteiger partial charge >= 0.3 is 0 Å². The summed E-state index contributed by atoms with van der Waals surface area (Å²) in [6.45, 7) is 3.71. The van der Waals surface area contributed by atoms with Gasteiger partial charge in [-0.1, -0.05) is 50.0 Å². The number of anilines is 1. The van der Waals surface area contributed by atoms with Crippen molar-refractivity contribution in [3.63, 3.8) is 0 Å². The van der Waals surface area contributed by atoms with E-state index >= 15 is 0 Å². The van der Waals surface area contributed by atoms with Crippen molar-refractivity contribution in [1.29, 1.82) is 0 Å². The van der Waals surface area contributed by atoms with Crippen molar-refractivity contribution in [2.24, 2.45) is 0 Å². The third-order valence-electron chi connectivity index (χ3n) is 4.61. The Kier molecular flexibility index (Phi) is 8.71. The molecule has 6 nitrogen and oxygen atoms in total. The van der Waals surface area contributed by atoms with Crippen LogP contribution in [0.25, 0.3) is 0 Å². The van der Waals surface area contributed by atoms with Gasteiger partial charge in [-0.25, -0.2) is 10.3 Å². The van der Waals surface area contributed by atoms with Gasteiger partial charge in [-0.3, -0.25) is 19.8 Å². The number of rotatable bonds is 12. The minimum atomic E-state index is -0.716. The quantitative estimate of drug-likeness (QED) is 0.256. The zero-order valence-corrected chi connectivity index (χ0v) is 15.8. The molecule has 6 heteroatoms. The van der Waals surface area contributed by atoms with Crippen LogP contribution in [0.15, 0.2) is 43.0 Å². The van der Waals surface area contributed by atoms with Crippen molar-refractivity contribution in [2.45, 2.75) is 63.8 Å². The molecule has 1 aliphatic heterocycles. The van der Waals surface area contributed by atoms with Crippen LogP contribution in [0, 0.1) is 0 Å². The number of nitrogens with zero attached hydrogens (tertiary/aromatic N) is 1. The summed E-state index contributed by atoms with van der Waals surface area (Å²) < 4.78 is 0. The Balaban J connectivity index is 1.63. The molecule has 2 rings (SSSR count). The van der Waals surface area contributed by atoms with E-state index in [1.54, 1.807) is 24.3 Å². The molecule has 1 saturated heterocycles. The van der Waals surface area contributed by atoms with E-state index in [-0.39, 0.29) is 24.1 Å². The molecule has 1 heterocycles. The second-order valence-corrected chi connectivity index (χ2v) is 6.80. The van der Waals surface area contributed by atoms with E-state index in [1.807, 2.05) is 12.1 Å². The first-order chi connectivity index (χ1) is 13.1. The molecule has 3 amide bonds. The molecule has 0 aliphatic carbocycles. The van der Waals surface area contributed by atoms with Gasteiger partial charge in [0.25, 0.3) is 5.91 Å². The number of hydrazine groups is 1. The van der Waals surface area contributed by atoms with Crippen LogP contribution in [-0.4, -0.2) is 23.8 Å². The van der Waals surface area contributed by atoms with Crippen molar-refractivity contribution in [3.05, 3.63) is 43.0 Å². The Hall–Kier alpha value is -2.47. The van der Waals surface area contributed by atoms with Crippen LogP contribution in [0.5, 0.6) is 0 Å². The highest BCUT2D eigenvalue weighted by Gasteiger charge is 2.39. The lowest BCUT2D eigenvalue weighted by molar-refractivity contribution is -0.123. The van der Waals surface area contributed by atoms with Crippen LogP contribution in [0.3, 0.4) is 0 Å². The molecule has 1 fully saturated rings. The van der Waals surface area contributed by atoms with Crippen LogP contribution in [0.1, 0.15) is 57.8 Å². The van der Waals surface area contributed by atoms with E-state index in [0.717, 1.165) is 30.6 Å². The maximum atomic E-state index is 12.4. The minimum absolute atomic E-state index is 0.0404. The minimum Gasteiger partial charge on any atom is -0.291 e. The molecule has 0 radical (unpaired) electrons. The molecule has 0 bridgehead atoms. The van der Waals surface area contributed by atoms with Gasteiger partial charge in [0.05, 0.1) is 12.1 Å². The number of carbonyl (C=O) groups excluding carboxylic acids is 3. The van der Waals surface area contributed by atoms with Crippen LogP contribution in [-0.2, 0) is 14.4 Å². The van der Waals surface area contributed by atoms with Crippen LogP contribution >= 0.6 is 0 Å². The number of para-hydroxylation sites is 1. The standard InChI is InChI=1S/C21H29N3O3/c1-2-3-4-5-6-7-8-12-15-19(25)23-22-18-16-20(26)24(21(18)27)17-13-10-9-11-14-17/h2,9-11,13-14,18,22H,1,3-8,12,15-16H2,(H,23,25)/t18-/m1/s1. The van der Waals surface area contributed by atoms with Gasteiger partial charge in [0, 0.05) is 6.42 Å². The largest absolute Gasteiger partial charge is 0.291 e. The highest BCUT2D eigenvalue weighted by atomic mass is 16.2. The maximum Gasteiger partial charge on any atom is 0.253 e. The Morgan fingerprint density at radius 2 is 1.74 bits per heavy atom. The maximum absolute atomic E-state index is 12.4. The van der Waals surface area contributed by atoms with Crippen LogP contribution < -0.4 is 15.8 Å². The number of hydrogen-bond acceptors (Lipinski definition) is 4. The van der Waals surface area contributed by atoms with Crippen LogP contribution in [0.2, 0.25) is 0 Å². The molecule has 0 spiro atoms. The smallest absolute Gasteiger partial charge is 0.253 e. The van der Waals surface area contributed by atoms with E-state index in [1.165, 1.54) is 19.3 Å². The van der Waals surface area contributed by atoms with Crippen molar-refractivity contribution >= 4 is 23.4 Å². The Bertz CT molecular complexity index is 645. The molecule has 2 N–H and O–H groups in total. The van der Waals surface area contributed by atoms with Gasteiger partial charge in [-0.2, -0.15) is 0 Å². The van der Waals surface area contributed by atoms with Crippen molar-refractivity contribution < 1.29 is 14.4 Å². The lowest BCUT2D eigenvalue weighted by Gasteiger charge is -2.15. The van der Waals surface area contributed by atoms with E-state index < -0.39 is 6.04 Å². The summed E-state index contributed by atoms with van der Waals surface area (Å²) in [4.78, 5) is 37.6. The fourth-order valence-corrected chi connectivity index (χ4v) is 3.10. The highest BCUT2D eigenvalue weighted by molar-refractivity contribution is 6.22. The number of unbranched alkanes of at least 4 members (excludes halogenated alkanes) is 6. The third kappa shape index (κ3) is 6.64. The second kappa shape index (κ2) is 11.3. The molecule has 0 aromatic heterocycles. The molecule has 0 unspecified atom stereocenters. The molecular weight excluding hydrogens is 342 g/mol.